The Morgan fingerprint density at radius 1 is 1.29 bits per heavy atom. The Hall–Kier alpha value is -2.04. The summed E-state index contributed by atoms with van der Waals surface area (Å²) < 4.78 is 5.06. The van der Waals surface area contributed by atoms with E-state index < -0.39 is 5.97 Å². The van der Waals surface area contributed by atoms with Gasteiger partial charge in [0.05, 0.1) is 5.56 Å². The van der Waals surface area contributed by atoms with Crippen molar-refractivity contribution in [3.63, 3.8) is 0 Å². The van der Waals surface area contributed by atoms with Gasteiger partial charge in [0.2, 0.25) is 0 Å². The fourth-order valence-electron chi connectivity index (χ4n) is 2.64. The van der Waals surface area contributed by atoms with Gasteiger partial charge in [-0.25, -0.2) is 4.79 Å². The molecule has 0 atom stereocenters. The molecule has 0 aromatic heterocycles. The number of aryl methyl sites for hydroxylation is 1. The lowest BCUT2D eigenvalue weighted by atomic mass is 9.95. The van der Waals surface area contributed by atoms with E-state index in [2.05, 4.69) is 5.32 Å². The first kappa shape index (κ1) is 15.4. The summed E-state index contributed by atoms with van der Waals surface area (Å²) in [6.07, 6.45) is 5.55. The van der Waals surface area contributed by atoms with E-state index in [9.17, 15) is 9.59 Å². The zero-order valence-electron chi connectivity index (χ0n) is 12.4. The maximum Gasteiger partial charge on any atom is 0.338 e. The highest BCUT2D eigenvalue weighted by molar-refractivity contribution is 5.93. The summed E-state index contributed by atoms with van der Waals surface area (Å²) in [5, 5.41) is 2.91. The standard InChI is InChI=1S/C16H22N2O3/c1-11-9-12(17)7-8-14(11)16(20)21-10-15(19)18-13-5-3-2-4-6-13/h7-9,13H,2-6,10,17H2,1H3,(H,18,19). The van der Waals surface area contributed by atoms with E-state index in [4.69, 9.17) is 10.5 Å². The highest BCUT2D eigenvalue weighted by Crippen LogP contribution is 2.17. The number of anilines is 1. The van der Waals surface area contributed by atoms with Crippen molar-refractivity contribution >= 4 is 17.6 Å². The zero-order chi connectivity index (χ0) is 15.2. The second-order valence-corrected chi connectivity index (χ2v) is 5.55. The lowest BCUT2D eigenvalue weighted by Crippen LogP contribution is -2.38. The van der Waals surface area contributed by atoms with Crippen LogP contribution in [0.3, 0.4) is 0 Å². The molecule has 5 nitrogen and oxygen atoms in total. The second-order valence-electron chi connectivity index (χ2n) is 5.55. The number of benzene rings is 1. The van der Waals surface area contributed by atoms with Gasteiger partial charge in [-0.15, -0.1) is 0 Å². The molecule has 1 aliphatic rings. The number of carbonyl (C=O) groups excluding carboxylic acids is 2. The molecule has 1 aromatic carbocycles. The smallest absolute Gasteiger partial charge is 0.338 e. The van der Waals surface area contributed by atoms with Gasteiger partial charge in [-0.2, -0.15) is 0 Å². The number of nitrogens with one attached hydrogen (secondary N) is 1. The largest absolute Gasteiger partial charge is 0.452 e. The molecule has 114 valence electrons. The van der Waals surface area contributed by atoms with Crippen molar-refractivity contribution in [1.29, 1.82) is 0 Å². The minimum Gasteiger partial charge on any atom is -0.452 e. The summed E-state index contributed by atoms with van der Waals surface area (Å²) in [7, 11) is 0. The molecule has 0 spiro atoms. The highest BCUT2D eigenvalue weighted by atomic mass is 16.5. The average Bonchev–Trinajstić information content (AvgIpc) is 2.46. The Kier molecular flexibility index (Phi) is 5.20. The summed E-state index contributed by atoms with van der Waals surface area (Å²) >= 11 is 0. The van der Waals surface area contributed by atoms with E-state index in [0.29, 0.717) is 11.3 Å². The third-order valence-electron chi connectivity index (χ3n) is 3.78. The molecule has 1 fully saturated rings. The predicted octanol–water partition coefficient (Wildman–Crippen LogP) is 2.18. The van der Waals surface area contributed by atoms with Crippen LogP contribution >= 0.6 is 0 Å². The maximum absolute atomic E-state index is 11.9. The maximum atomic E-state index is 11.9. The summed E-state index contributed by atoms with van der Waals surface area (Å²) in [4.78, 5) is 23.7. The van der Waals surface area contributed by atoms with E-state index in [0.717, 1.165) is 31.2 Å². The van der Waals surface area contributed by atoms with Gasteiger partial charge in [0.15, 0.2) is 6.61 Å². The van der Waals surface area contributed by atoms with Gasteiger partial charge in [-0.3, -0.25) is 4.79 Å². The number of hydrogen-bond donors (Lipinski definition) is 2. The number of rotatable bonds is 4. The fraction of sp³-hybridized carbons (Fsp3) is 0.500. The predicted molar refractivity (Wildman–Crippen MR) is 80.9 cm³/mol. The van der Waals surface area contributed by atoms with Gasteiger partial charge in [0.1, 0.15) is 0 Å². The quantitative estimate of drug-likeness (QED) is 0.658. The van der Waals surface area contributed by atoms with E-state index in [1.54, 1.807) is 25.1 Å². The first-order valence-electron chi connectivity index (χ1n) is 7.39. The molecule has 0 radical (unpaired) electrons. The van der Waals surface area contributed by atoms with Gasteiger partial charge < -0.3 is 15.8 Å². The second kappa shape index (κ2) is 7.11. The summed E-state index contributed by atoms with van der Waals surface area (Å²) in [6, 6.07) is 5.19. The van der Waals surface area contributed by atoms with Gasteiger partial charge in [0.25, 0.3) is 5.91 Å². The molecular formula is C16H22N2O3. The van der Waals surface area contributed by atoms with Crippen LogP contribution < -0.4 is 11.1 Å². The normalized spacial score (nSPS) is 15.5. The molecule has 5 heteroatoms. The molecule has 1 aromatic rings. The van der Waals surface area contributed by atoms with Crippen molar-refractivity contribution in [2.24, 2.45) is 0 Å². The van der Waals surface area contributed by atoms with Crippen LogP contribution in [0, 0.1) is 6.92 Å². The third-order valence-corrected chi connectivity index (χ3v) is 3.78. The minimum absolute atomic E-state index is 0.225. The van der Waals surface area contributed by atoms with Crippen molar-refractivity contribution in [3.8, 4) is 0 Å². The molecule has 0 heterocycles. The van der Waals surface area contributed by atoms with Crippen molar-refractivity contribution in [2.75, 3.05) is 12.3 Å². The molecular weight excluding hydrogens is 268 g/mol. The van der Waals surface area contributed by atoms with Crippen LogP contribution in [0.2, 0.25) is 0 Å². The van der Waals surface area contributed by atoms with Crippen LogP contribution in [0.4, 0.5) is 5.69 Å². The number of esters is 1. The Morgan fingerprint density at radius 3 is 2.67 bits per heavy atom. The third kappa shape index (κ3) is 4.48. The average molecular weight is 290 g/mol. The first-order valence-corrected chi connectivity index (χ1v) is 7.39. The van der Waals surface area contributed by atoms with E-state index in [-0.39, 0.29) is 18.6 Å². The molecule has 0 bridgehead atoms. The Morgan fingerprint density at radius 2 is 2.00 bits per heavy atom. The number of nitrogens with two attached hydrogens (primary N) is 1. The number of nitrogen functional groups attached to an aromatic ring is 1. The Bertz CT molecular complexity index is 522. The van der Waals surface area contributed by atoms with Gasteiger partial charge >= 0.3 is 5.97 Å². The molecule has 0 saturated heterocycles. The monoisotopic (exact) mass is 290 g/mol. The zero-order valence-corrected chi connectivity index (χ0v) is 12.4. The Balaban J connectivity index is 1.81. The first-order chi connectivity index (χ1) is 10.1. The number of ether oxygens (including phenoxy) is 1. The molecule has 0 unspecified atom stereocenters. The van der Waals surface area contributed by atoms with Gasteiger partial charge in [-0.1, -0.05) is 19.3 Å². The Labute approximate surface area is 124 Å². The van der Waals surface area contributed by atoms with Crippen LogP contribution in [0.5, 0.6) is 0 Å². The van der Waals surface area contributed by atoms with Crippen LogP contribution in [0.15, 0.2) is 18.2 Å². The molecule has 1 saturated carbocycles. The van der Waals surface area contributed by atoms with Crippen molar-refractivity contribution in [1.82, 2.24) is 5.32 Å². The van der Waals surface area contributed by atoms with Crippen molar-refractivity contribution in [3.05, 3.63) is 29.3 Å². The van der Waals surface area contributed by atoms with E-state index in [1.165, 1.54) is 6.42 Å². The molecule has 3 N–H and O–H groups in total. The van der Waals surface area contributed by atoms with Gasteiger partial charge in [-0.05, 0) is 43.5 Å². The van der Waals surface area contributed by atoms with Crippen LogP contribution in [-0.2, 0) is 9.53 Å². The minimum atomic E-state index is -0.494. The summed E-state index contributed by atoms with van der Waals surface area (Å²) in [5.41, 5.74) is 7.42. The van der Waals surface area contributed by atoms with Crippen LogP contribution in [0.25, 0.3) is 0 Å². The van der Waals surface area contributed by atoms with Crippen molar-refractivity contribution in [2.45, 2.75) is 45.1 Å². The van der Waals surface area contributed by atoms with E-state index >= 15 is 0 Å². The van der Waals surface area contributed by atoms with Crippen molar-refractivity contribution < 1.29 is 14.3 Å². The number of amides is 1. The lowest BCUT2D eigenvalue weighted by molar-refractivity contribution is -0.125. The molecule has 1 amide bonds. The number of hydrogen-bond acceptors (Lipinski definition) is 4. The topological polar surface area (TPSA) is 81.4 Å². The molecule has 1 aliphatic carbocycles. The molecule has 21 heavy (non-hydrogen) atoms. The molecule has 2 rings (SSSR count). The van der Waals surface area contributed by atoms with Crippen LogP contribution in [0.1, 0.15) is 48.0 Å². The lowest BCUT2D eigenvalue weighted by Gasteiger charge is -2.22. The van der Waals surface area contributed by atoms with Crippen LogP contribution in [-0.4, -0.2) is 24.5 Å². The SMILES string of the molecule is Cc1cc(N)ccc1C(=O)OCC(=O)NC1CCCCC1. The summed E-state index contributed by atoms with van der Waals surface area (Å²) in [5.74, 6) is -0.727. The summed E-state index contributed by atoms with van der Waals surface area (Å²) in [6.45, 7) is 1.55. The van der Waals surface area contributed by atoms with Gasteiger partial charge in [0, 0.05) is 11.7 Å². The fourth-order valence-corrected chi connectivity index (χ4v) is 2.64. The number of carbonyl (C=O) groups is 2. The molecule has 0 aliphatic heterocycles. The highest BCUT2D eigenvalue weighted by Gasteiger charge is 2.17. The van der Waals surface area contributed by atoms with E-state index in [1.807, 2.05) is 0 Å².